The number of nitrogens with two attached hydrogens (primary N) is 1. The molecule has 0 radical (unpaired) electrons. The van der Waals surface area contributed by atoms with Crippen molar-refractivity contribution >= 4 is 30.0 Å². The van der Waals surface area contributed by atoms with Crippen molar-refractivity contribution in [1.82, 2.24) is 0 Å². The summed E-state index contributed by atoms with van der Waals surface area (Å²) < 4.78 is 0. The molecule has 0 atom stereocenters. The predicted octanol–water partition coefficient (Wildman–Crippen LogP) is 8.59. The smallest absolute Gasteiger partial charge is 0.128 e. The fraction of sp³-hybridized carbons (Fsp3) is 0.312. The highest BCUT2D eigenvalue weighted by Gasteiger charge is 2.01. The van der Waals surface area contributed by atoms with Gasteiger partial charge in [-0.05, 0) is 61.0 Å². The van der Waals surface area contributed by atoms with E-state index < -0.39 is 0 Å². The maximum absolute atomic E-state index is 10.4. The number of nitrogens with zero attached hydrogens (tertiary/aromatic N) is 1. The molecule has 1 heterocycles. The van der Waals surface area contributed by atoms with Gasteiger partial charge in [-0.2, -0.15) is 0 Å². The minimum Gasteiger partial charge on any atom is -0.340 e. The number of carbonyl (C=O) groups excluding carboxylic acids is 1. The molecule has 5 heteroatoms. The fourth-order valence-electron chi connectivity index (χ4n) is 2.83. The molecule has 0 amide bonds. The topological polar surface area (TPSA) is 67.5 Å². The van der Waals surface area contributed by atoms with Crippen LogP contribution >= 0.6 is 11.3 Å². The number of aliphatic imine (C=N–C) groups is 1. The Labute approximate surface area is 229 Å². The van der Waals surface area contributed by atoms with E-state index in [0.29, 0.717) is 13.0 Å². The molecule has 0 aliphatic carbocycles. The number of hydrogen-bond acceptors (Lipinski definition) is 5. The van der Waals surface area contributed by atoms with Gasteiger partial charge in [0.05, 0.1) is 0 Å². The van der Waals surface area contributed by atoms with Gasteiger partial charge in [0.25, 0.3) is 0 Å². The summed E-state index contributed by atoms with van der Waals surface area (Å²) >= 11 is 1.80. The van der Waals surface area contributed by atoms with Gasteiger partial charge in [0.15, 0.2) is 0 Å². The van der Waals surface area contributed by atoms with Gasteiger partial charge >= 0.3 is 0 Å². The molecule has 2 aromatic carbocycles. The van der Waals surface area contributed by atoms with Crippen LogP contribution in [0.2, 0.25) is 0 Å². The van der Waals surface area contributed by atoms with Gasteiger partial charge in [-0.25, -0.2) is 4.99 Å². The fourth-order valence-corrected chi connectivity index (χ4v) is 3.76. The van der Waals surface area contributed by atoms with Crippen molar-refractivity contribution < 1.29 is 4.79 Å². The highest BCUT2D eigenvalue weighted by Crippen LogP contribution is 2.19. The Bertz CT molecular complexity index is 1020. The van der Waals surface area contributed by atoms with Crippen LogP contribution < -0.4 is 11.1 Å². The zero-order chi connectivity index (χ0) is 27.9. The molecule has 3 N–H and O–H groups in total. The van der Waals surface area contributed by atoms with E-state index in [9.17, 15) is 4.79 Å². The molecular formula is C32H45N3OS. The van der Waals surface area contributed by atoms with Crippen molar-refractivity contribution in [1.29, 1.82) is 0 Å². The first-order valence-electron chi connectivity index (χ1n) is 12.8. The summed E-state index contributed by atoms with van der Waals surface area (Å²) in [5, 5.41) is 3.21. The minimum atomic E-state index is 0.455. The van der Waals surface area contributed by atoms with Crippen LogP contribution in [0.1, 0.15) is 67.8 Å². The van der Waals surface area contributed by atoms with E-state index in [4.69, 9.17) is 5.73 Å². The molecule has 0 bridgehead atoms. The number of allylic oxidation sites excluding steroid dienone is 1. The molecular weight excluding hydrogens is 474 g/mol. The monoisotopic (exact) mass is 519 g/mol. The minimum absolute atomic E-state index is 0.455. The number of aldehydes is 1. The molecule has 3 rings (SSSR count). The SMILES string of the molecule is C=C.C=N/C(Nc1ccc(CC=O)cc1)=C(/C)CC.CCCC.NCc1ccc(Cc2ccccc2)s1. The van der Waals surface area contributed by atoms with Crippen LogP contribution in [0.15, 0.2) is 96.3 Å². The van der Waals surface area contributed by atoms with Crippen LogP contribution in [0.3, 0.4) is 0 Å². The summed E-state index contributed by atoms with van der Waals surface area (Å²) in [6, 6.07) is 22.5. The van der Waals surface area contributed by atoms with Crippen molar-refractivity contribution in [2.24, 2.45) is 10.7 Å². The molecule has 1 aromatic heterocycles. The molecule has 200 valence electrons. The number of thiophene rings is 1. The van der Waals surface area contributed by atoms with Crippen LogP contribution in [-0.4, -0.2) is 13.0 Å². The first-order chi connectivity index (χ1) is 18.0. The molecule has 0 aliphatic heterocycles. The molecule has 0 saturated carbocycles. The molecule has 0 fully saturated rings. The molecule has 3 aromatic rings. The van der Waals surface area contributed by atoms with Gasteiger partial charge in [-0.1, -0.05) is 76.1 Å². The van der Waals surface area contributed by atoms with Gasteiger partial charge in [-0.3, -0.25) is 0 Å². The second-order valence-corrected chi connectivity index (χ2v) is 9.32. The third-order valence-corrected chi connectivity index (χ3v) is 6.38. The number of hydrogen-bond donors (Lipinski definition) is 2. The third-order valence-electron chi connectivity index (χ3n) is 5.27. The molecule has 37 heavy (non-hydrogen) atoms. The maximum Gasteiger partial charge on any atom is 0.128 e. The van der Waals surface area contributed by atoms with Crippen molar-refractivity contribution in [3.8, 4) is 0 Å². The van der Waals surface area contributed by atoms with Crippen LogP contribution in [-0.2, 0) is 24.2 Å². The van der Waals surface area contributed by atoms with E-state index in [1.165, 1.54) is 28.2 Å². The number of anilines is 1. The summed E-state index contributed by atoms with van der Waals surface area (Å²) in [5.41, 5.74) is 10.1. The Morgan fingerprint density at radius 1 is 0.919 bits per heavy atom. The van der Waals surface area contributed by atoms with Gasteiger partial charge < -0.3 is 15.8 Å². The lowest BCUT2D eigenvalue weighted by Crippen LogP contribution is -2.00. The van der Waals surface area contributed by atoms with Crippen LogP contribution in [0.25, 0.3) is 0 Å². The lowest BCUT2D eigenvalue weighted by atomic mass is 10.1. The van der Waals surface area contributed by atoms with E-state index in [1.807, 2.05) is 37.3 Å². The van der Waals surface area contributed by atoms with Crippen molar-refractivity contribution in [3.63, 3.8) is 0 Å². The summed E-state index contributed by atoms with van der Waals surface area (Å²) in [6.07, 6.45) is 5.95. The van der Waals surface area contributed by atoms with E-state index in [-0.39, 0.29) is 0 Å². The maximum atomic E-state index is 10.4. The Balaban J connectivity index is 0.000000584. The highest BCUT2D eigenvalue weighted by molar-refractivity contribution is 7.12. The Morgan fingerprint density at radius 3 is 1.97 bits per heavy atom. The third kappa shape index (κ3) is 14.8. The Kier molecular flexibility index (Phi) is 20.0. The summed E-state index contributed by atoms with van der Waals surface area (Å²) in [6.45, 7) is 18.7. The van der Waals surface area contributed by atoms with Crippen molar-refractivity contribution in [2.45, 2.75) is 66.3 Å². The lowest BCUT2D eigenvalue weighted by molar-refractivity contribution is -0.107. The van der Waals surface area contributed by atoms with Crippen molar-refractivity contribution in [3.05, 3.63) is 112 Å². The quantitative estimate of drug-likeness (QED) is 0.160. The average molecular weight is 520 g/mol. The predicted molar refractivity (Wildman–Crippen MR) is 166 cm³/mol. The van der Waals surface area contributed by atoms with E-state index >= 15 is 0 Å². The molecule has 0 aliphatic rings. The molecule has 0 unspecified atom stereocenters. The van der Waals surface area contributed by atoms with Crippen LogP contribution in [0.4, 0.5) is 5.69 Å². The van der Waals surface area contributed by atoms with Crippen molar-refractivity contribution in [2.75, 3.05) is 5.32 Å². The van der Waals surface area contributed by atoms with E-state index in [0.717, 1.165) is 41.8 Å². The largest absolute Gasteiger partial charge is 0.340 e. The molecule has 0 saturated heterocycles. The van der Waals surface area contributed by atoms with Crippen LogP contribution in [0.5, 0.6) is 0 Å². The summed E-state index contributed by atoms with van der Waals surface area (Å²) in [4.78, 5) is 17.0. The normalized spacial score (nSPS) is 10.2. The molecule has 0 spiro atoms. The Hall–Kier alpha value is -3.28. The second-order valence-electron chi connectivity index (χ2n) is 8.07. The number of nitrogens with one attached hydrogen (secondary N) is 1. The van der Waals surface area contributed by atoms with Gasteiger partial charge in [0.1, 0.15) is 12.1 Å². The van der Waals surface area contributed by atoms with Gasteiger partial charge in [0.2, 0.25) is 0 Å². The number of benzene rings is 2. The summed E-state index contributed by atoms with van der Waals surface area (Å²) in [5.74, 6) is 0.802. The second kappa shape index (κ2) is 22.0. The number of carbonyl (C=O) groups is 1. The first kappa shape index (κ1) is 33.7. The van der Waals surface area contributed by atoms with Gasteiger partial charge in [-0.15, -0.1) is 24.5 Å². The molecule has 4 nitrogen and oxygen atoms in total. The average Bonchev–Trinajstić information content (AvgIpc) is 3.42. The standard InChI is InChI=1S/C14H18N2O.C12H13NS.C4H10.C2H4/c1-4-11(2)14(15-3)16-13-7-5-12(6-8-13)9-10-17;13-9-12-7-6-11(14-12)8-10-4-2-1-3-5-10;1-3-4-2;1-2/h5-8,10,16H,3-4,9H2,1-2H3;1-7H,8-9,13H2;3-4H2,1-2H3;1-2H2/b14-11+;;;. The first-order valence-corrected chi connectivity index (χ1v) is 13.6. The van der Waals surface area contributed by atoms with Gasteiger partial charge in [0, 0.05) is 34.8 Å². The summed E-state index contributed by atoms with van der Waals surface area (Å²) in [7, 11) is 0. The van der Waals surface area contributed by atoms with Crippen LogP contribution in [0, 0.1) is 0 Å². The lowest BCUT2D eigenvalue weighted by Gasteiger charge is -2.09. The zero-order valence-corrected chi connectivity index (χ0v) is 23.9. The number of unbranched alkanes of at least 4 members (excludes halogenated alkanes) is 1. The van der Waals surface area contributed by atoms with E-state index in [2.05, 4.69) is 87.4 Å². The number of rotatable bonds is 10. The highest BCUT2D eigenvalue weighted by atomic mass is 32.1. The zero-order valence-electron chi connectivity index (χ0n) is 23.1. The Morgan fingerprint density at radius 2 is 1.51 bits per heavy atom. The van der Waals surface area contributed by atoms with E-state index in [1.54, 1.807) is 11.3 Å².